The van der Waals surface area contributed by atoms with E-state index in [0.29, 0.717) is 0 Å². The maximum absolute atomic E-state index is 13.8. The van der Waals surface area contributed by atoms with Crippen molar-refractivity contribution < 1.29 is 9.13 Å². The highest BCUT2D eigenvalue weighted by Crippen LogP contribution is 2.36. The fourth-order valence-corrected chi connectivity index (χ4v) is 2.69. The monoisotopic (exact) mass is 257 g/mol. The molecule has 1 aliphatic heterocycles. The van der Waals surface area contributed by atoms with Crippen molar-refractivity contribution in [3.05, 3.63) is 47.3 Å². The molecule has 0 radical (unpaired) electrons. The third-order valence-electron chi connectivity index (χ3n) is 3.66. The Hall–Kier alpha value is -2.03. The predicted molar refractivity (Wildman–Crippen MR) is 75.3 cm³/mol. The number of fused-ring (bicyclic) bond motifs is 1. The van der Waals surface area contributed by atoms with Crippen molar-refractivity contribution in [3.8, 4) is 16.9 Å². The molecule has 2 nitrogen and oxygen atoms in total. The van der Waals surface area contributed by atoms with Crippen LogP contribution in [0.3, 0.4) is 0 Å². The van der Waals surface area contributed by atoms with Crippen molar-refractivity contribution in [1.82, 2.24) is 0 Å². The quantitative estimate of drug-likeness (QED) is 0.884. The van der Waals surface area contributed by atoms with E-state index < -0.39 is 0 Å². The molecule has 19 heavy (non-hydrogen) atoms. The van der Waals surface area contributed by atoms with E-state index in [9.17, 15) is 4.39 Å². The Labute approximate surface area is 112 Å². The van der Waals surface area contributed by atoms with Gasteiger partial charge >= 0.3 is 0 Å². The van der Waals surface area contributed by atoms with Crippen LogP contribution in [0, 0.1) is 12.7 Å². The zero-order valence-electron chi connectivity index (χ0n) is 11.1. The van der Waals surface area contributed by atoms with Crippen LogP contribution < -0.4 is 10.1 Å². The van der Waals surface area contributed by atoms with E-state index >= 15 is 0 Å². The first-order valence-electron chi connectivity index (χ1n) is 6.41. The number of rotatable bonds is 2. The molecule has 3 heteroatoms. The first kappa shape index (κ1) is 12.0. The van der Waals surface area contributed by atoms with Crippen LogP contribution in [0.25, 0.3) is 11.1 Å². The number of hydrogen-bond donors (Lipinski definition) is 1. The molecule has 0 spiro atoms. The Balaban J connectivity index is 2.13. The van der Waals surface area contributed by atoms with Crippen LogP contribution in [0.2, 0.25) is 0 Å². The summed E-state index contributed by atoms with van der Waals surface area (Å²) in [6, 6.07) is 9.28. The molecular weight excluding hydrogens is 241 g/mol. The van der Waals surface area contributed by atoms with Crippen LogP contribution in [-0.2, 0) is 6.42 Å². The summed E-state index contributed by atoms with van der Waals surface area (Å²) in [6.45, 7) is 3.04. The minimum atomic E-state index is -0.319. The highest BCUT2D eigenvalue weighted by atomic mass is 19.1. The summed E-state index contributed by atoms with van der Waals surface area (Å²) in [4.78, 5) is 0. The summed E-state index contributed by atoms with van der Waals surface area (Å²) in [5.74, 6) is -0.0362. The normalized spacial score (nSPS) is 13.0. The number of benzene rings is 2. The number of ether oxygens (including phenoxy) is 1. The second-order valence-electron chi connectivity index (χ2n) is 4.81. The number of nitrogens with one attached hydrogen (secondary N) is 1. The minimum absolute atomic E-state index is 0.283. The molecule has 0 saturated carbocycles. The molecule has 0 bridgehead atoms. The maximum atomic E-state index is 13.8. The summed E-state index contributed by atoms with van der Waals surface area (Å²) in [5.41, 5.74) is 5.73. The molecule has 2 aromatic carbocycles. The van der Waals surface area contributed by atoms with Crippen molar-refractivity contribution in [3.63, 3.8) is 0 Å². The van der Waals surface area contributed by atoms with Crippen LogP contribution in [-0.4, -0.2) is 13.7 Å². The predicted octanol–water partition coefficient (Wildman–Crippen LogP) is 3.78. The minimum Gasteiger partial charge on any atom is -0.494 e. The van der Waals surface area contributed by atoms with Gasteiger partial charge in [0.2, 0.25) is 0 Å². The molecule has 0 atom stereocenters. The van der Waals surface area contributed by atoms with E-state index in [1.54, 1.807) is 12.1 Å². The summed E-state index contributed by atoms with van der Waals surface area (Å²) in [7, 11) is 1.48. The van der Waals surface area contributed by atoms with Crippen LogP contribution in [0.5, 0.6) is 5.75 Å². The number of anilines is 1. The molecular formula is C16H16FNO. The second kappa shape index (κ2) is 4.57. The van der Waals surface area contributed by atoms with Gasteiger partial charge < -0.3 is 10.1 Å². The summed E-state index contributed by atoms with van der Waals surface area (Å²) in [6.07, 6.45) is 0.986. The van der Waals surface area contributed by atoms with Crippen LogP contribution in [0.1, 0.15) is 11.1 Å². The third-order valence-corrected chi connectivity index (χ3v) is 3.66. The molecule has 0 unspecified atom stereocenters. The summed E-state index contributed by atoms with van der Waals surface area (Å²) < 4.78 is 18.8. The Bertz CT molecular complexity index is 637. The molecule has 1 N–H and O–H groups in total. The SMILES string of the molecule is COc1ccc(-c2ccc(C)c3c2CCN3)cc1F. The maximum Gasteiger partial charge on any atom is 0.165 e. The molecule has 1 aliphatic rings. The lowest BCUT2D eigenvalue weighted by Gasteiger charge is -2.12. The zero-order chi connectivity index (χ0) is 13.4. The Kier molecular flexibility index (Phi) is 2.90. The summed E-state index contributed by atoms with van der Waals surface area (Å²) in [5, 5.41) is 3.40. The highest BCUT2D eigenvalue weighted by Gasteiger charge is 2.18. The first-order valence-corrected chi connectivity index (χ1v) is 6.41. The lowest BCUT2D eigenvalue weighted by atomic mass is 9.95. The van der Waals surface area contributed by atoms with Gasteiger partial charge in [-0.1, -0.05) is 18.2 Å². The highest BCUT2D eigenvalue weighted by molar-refractivity contribution is 5.78. The van der Waals surface area contributed by atoms with E-state index in [1.807, 2.05) is 6.07 Å². The fraction of sp³-hybridized carbons (Fsp3) is 0.250. The van der Waals surface area contributed by atoms with Gasteiger partial charge in [-0.25, -0.2) is 4.39 Å². The van der Waals surface area contributed by atoms with Gasteiger partial charge in [0.25, 0.3) is 0 Å². The van der Waals surface area contributed by atoms with E-state index in [0.717, 1.165) is 24.1 Å². The molecule has 98 valence electrons. The van der Waals surface area contributed by atoms with Crippen LogP contribution in [0.4, 0.5) is 10.1 Å². The van der Waals surface area contributed by atoms with Gasteiger partial charge in [-0.15, -0.1) is 0 Å². The number of aryl methyl sites for hydroxylation is 1. The lowest BCUT2D eigenvalue weighted by molar-refractivity contribution is 0.386. The Morgan fingerprint density at radius 1 is 1.21 bits per heavy atom. The van der Waals surface area contributed by atoms with Gasteiger partial charge in [0, 0.05) is 12.2 Å². The lowest BCUT2D eigenvalue weighted by Crippen LogP contribution is -1.93. The van der Waals surface area contributed by atoms with Crippen LogP contribution >= 0.6 is 0 Å². The van der Waals surface area contributed by atoms with E-state index in [1.165, 1.54) is 23.9 Å². The second-order valence-corrected chi connectivity index (χ2v) is 4.81. The van der Waals surface area contributed by atoms with Crippen molar-refractivity contribution >= 4 is 5.69 Å². The topological polar surface area (TPSA) is 21.3 Å². The third kappa shape index (κ3) is 1.95. The zero-order valence-corrected chi connectivity index (χ0v) is 11.1. The van der Waals surface area contributed by atoms with Crippen molar-refractivity contribution in [1.29, 1.82) is 0 Å². The molecule has 0 aliphatic carbocycles. The fourth-order valence-electron chi connectivity index (χ4n) is 2.69. The smallest absolute Gasteiger partial charge is 0.165 e. The molecule has 0 aromatic heterocycles. The average Bonchev–Trinajstić information content (AvgIpc) is 2.89. The molecule has 3 rings (SSSR count). The Morgan fingerprint density at radius 3 is 2.79 bits per heavy atom. The largest absolute Gasteiger partial charge is 0.494 e. The molecule has 2 aromatic rings. The van der Waals surface area contributed by atoms with E-state index in [4.69, 9.17) is 4.74 Å². The molecule has 0 amide bonds. The van der Waals surface area contributed by atoms with Gasteiger partial charge in [-0.3, -0.25) is 0 Å². The van der Waals surface area contributed by atoms with Crippen molar-refractivity contribution in [2.45, 2.75) is 13.3 Å². The van der Waals surface area contributed by atoms with Crippen LogP contribution in [0.15, 0.2) is 30.3 Å². The van der Waals surface area contributed by atoms with E-state index in [2.05, 4.69) is 24.4 Å². The molecule has 0 saturated heterocycles. The van der Waals surface area contributed by atoms with Gasteiger partial charge in [-0.05, 0) is 47.7 Å². The van der Waals surface area contributed by atoms with Gasteiger partial charge in [0.1, 0.15) is 0 Å². The Morgan fingerprint density at radius 2 is 2.05 bits per heavy atom. The molecule has 0 fully saturated rings. The van der Waals surface area contributed by atoms with Gasteiger partial charge in [0.15, 0.2) is 11.6 Å². The first-order chi connectivity index (χ1) is 9.20. The number of methoxy groups -OCH3 is 1. The van der Waals surface area contributed by atoms with E-state index in [-0.39, 0.29) is 11.6 Å². The summed E-state index contributed by atoms with van der Waals surface area (Å²) >= 11 is 0. The molecule has 1 heterocycles. The van der Waals surface area contributed by atoms with Crippen molar-refractivity contribution in [2.24, 2.45) is 0 Å². The van der Waals surface area contributed by atoms with Gasteiger partial charge in [-0.2, -0.15) is 0 Å². The number of hydrogen-bond acceptors (Lipinski definition) is 2. The van der Waals surface area contributed by atoms with Crippen molar-refractivity contribution in [2.75, 3.05) is 19.0 Å². The average molecular weight is 257 g/mol. The standard InChI is InChI=1S/C16H16FNO/c1-10-3-5-12(13-7-8-18-16(10)13)11-4-6-15(19-2)14(17)9-11/h3-6,9,18H,7-8H2,1-2H3. The number of halogens is 1. The van der Waals surface area contributed by atoms with Gasteiger partial charge in [0.05, 0.1) is 7.11 Å².